The molecule has 0 fully saturated rings. The number of esters is 2. The van der Waals surface area contributed by atoms with Crippen LogP contribution in [0.3, 0.4) is 0 Å². The minimum Gasteiger partial charge on any atom is -0.465 e. The molecule has 1 heterocycles. The van der Waals surface area contributed by atoms with E-state index in [1.807, 2.05) is 0 Å². The molecule has 0 radical (unpaired) electrons. The zero-order valence-electron chi connectivity index (χ0n) is 13.7. The van der Waals surface area contributed by atoms with E-state index in [2.05, 4.69) is 5.32 Å². The van der Waals surface area contributed by atoms with Crippen LogP contribution in [0.4, 0.5) is 11.4 Å². The van der Waals surface area contributed by atoms with Gasteiger partial charge >= 0.3 is 11.9 Å². The van der Waals surface area contributed by atoms with Crippen LogP contribution in [0.5, 0.6) is 0 Å². The fraction of sp³-hybridized carbons (Fsp3) is 0.111. The number of benzene rings is 2. The van der Waals surface area contributed by atoms with Crippen LogP contribution >= 0.6 is 0 Å². The van der Waals surface area contributed by atoms with Crippen molar-refractivity contribution in [2.24, 2.45) is 0 Å². The van der Waals surface area contributed by atoms with Crippen molar-refractivity contribution >= 4 is 23.3 Å². The van der Waals surface area contributed by atoms with Crippen molar-refractivity contribution < 1.29 is 24.0 Å². The third kappa shape index (κ3) is 3.25. The second-order valence-corrected chi connectivity index (χ2v) is 5.41. The molecule has 1 unspecified atom stereocenters. The van der Waals surface area contributed by atoms with Gasteiger partial charge in [-0.05, 0) is 11.6 Å². The monoisotopic (exact) mass is 354 g/mol. The molecule has 0 bridgehead atoms. The number of nitrogens with one attached hydrogen (secondary N) is 1. The number of carbonyl (C=O) groups is 2. The molecule has 8 heteroatoms. The van der Waals surface area contributed by atoms with Gasteiger partial charge in [0.05, 0.1) is 12.0 Å². The van der Waals surface area contributed by atoms with E-state index in [1.54, 1.807) is 30.3 Å². The van der Waals surface area contributed by atoms with E-state index in [4.69, 9.17) is 9.47 Å². The Morgan fingerprint density at radius 3 is 2.58 bits per heavy atom. The van der Waals surface area contributed by atoms with Gasteiger partial charge in [-0.3, -0.25) is 10.1 Å². The quantitative estimate of drug-likeness (QED) is 0.499. The number of non-ortho nitro benzene ring substituents is 1. The summed E-state index contributed by atoms with van der Waals surface area (Å²) in [6, 6.07) is 14.3. The number of carbonyl (C=O) groups excluding carboxylic acids is 2. The third-order valence-electron chi connectivity index (χ3n) is 3.79. The Balaban J connectivity index is 2.03. The Morgan fingerprint density at radius 1 is 1.19 bits per heavy atom. The summed E-state index contributed by atoms with van der Waals surface area (Å²) in [5.41, 5.74) is 0.640. The highest BCUT2D eigenvalue weighted by molar-refractivity contribution is 6.06. The molecule has 0 aromatic heterocycles. The zero-order valence-corrected chi connectivity index (χ0v) is 13.7. The van der Waals surface area contributed by atoms with Gasteiger partial charge in [0.15, 0.2) is 6.10 Å². The summed E-state index contributed by atoms with van der Waals surface area (Å²) in [5.74, 6) is -1.47. The lowest BCUT2D eigenvalue weighted by Gasteiger charge is -2.12. The Morgan fingerprint density at radius 2 is 1.92 bits per heavy atom. The standard InChI is InChI=1S/C18H14N2O6/c1-25-17(21)14-15(19-12-8-5-9-13(10-12)20(23)24)18(22)26-16(14)11-6-3-2-4-7-11/h2-10,16,19H,1H3. The fourth-order valence-electron chi connectivity index (χ4n) is 2.61. The number of rotatable bonds is 5. The molecule has 0 amide bonds. The topological polar surface area (TPSA) is 108 Å². The summed E-state index contributed by atoms with van der Waals surface area (Å²) >= 11 is 0. The maximum Gasteiger partial charge on any atom is 0.356 e. The van der Waals surface area contributed by atoms with Gasteiger partial charge in [-0.1, -0.05) is 36.4 Å². The average Bonchev–Trinajstić information content (AvgIpc) is 2.98. The molecule has 8 nitrogen and oxygen atoms in total. The van der Waals surface area contributed by atoms with E-state index >= 15 is 0 Å². The number of hydrogen-bond donors (Lipinski definition) is 1. The van der Waals surface area contributed by atoms with E-state index in [1.165, 1.54) is 31.4 Å². The van der Waals surface area contributed by atoms with Crippen molar-refractivity contribution in [3.8, 4) is 0 Å². The summed E-state index contributed by atoms with van der Waals surface area (Å²) in [5, 5.41) is 13.7. The summed E-state index contributed by atoms with van der Waals surface area (Å²) in [6.45, 7) is 0. The molecule has 0 saturated carbocycles. The SMILES string of the molecule is COC(=O)C1=C(Nc2cccc([N+](=O)[O-])c2)C(=O)OC1c1ccccc1. The number of cyclic esters (lactones) is 1. The first-order chi connectivity index (χ1) is 12.5. The third-order valence-corrected chi connectivity index (χ3v) is 3.79. The molecular formula is C18H14N2O6. The average molecular weight is 354 g/mol. The summed E-state index contributed by atoms with van der Waals surface area (Å²) in [7, 11) is 1.20. The van der Waals surface area contributed by atoms with Gasteiger partial charge in [-0.2, -0.15) is 0 Å². The summed E-state index contributed by atoms with van der Waals surface area (Å²) in [6.07, 6.45) is -0.919. The smallest absolute Gasteiger partial charge is 0.356 e. The molecule has 2 aromatic rings. The highest BCUT2D eigenvalue weighted by Gasteiger charge is 2.40. The Kier molecular flexibility index (Phi) is 4.66. The second-order valence-electron chi connectivity index (χ2n) is 5.41. The van der Waals surface area contributed by atoms with Gasteiger partial charge in [-0.25, -0.2) is 9.59 Å². The second kappa shape index (κ2) is 7.06. The van der Waals surface area contributed by atoms with E-state index in [0.717, 1.165) is 0 Å². The van der Waals surface area contributed by atoms with Crippen molar-refractivity contribution in [1.82, 2.24) is 0 Å². The molecule has 1 aliphatic rings. The van der Waals surface area contributed by atoms with Gasteiger partial charge in [0.25, 0.3) is 5.69 Å². The number of ether oxygens (including phenoxy) is 2. The molecule has 0 spiro atoms. The molecule has 0 saturated heterocycles. The first-order valence-electron chi connectivity index (χ1n) is 7.61. The van der Waals surface area contributed by atoms with Gasteiger partial charge in [0, 0.05) is 17.8 Å². The highest BCUT2D eigenvalue weighted by atomic mass is 16.6. The summed E-state index contributed by atoms with van der Waals surface area (Å²) in [4.78, 5) is 34.9. The molecule has 132 valence electrons. The minimum absolute atomic E-state index is 0.00945. The molecule has 3 rings (SSSR count). The van der Waals surface area contributed by atoms with Crippen LogP contribution in [-0.2, 0) is 19.1 Å². The van der Waals surface area contributed by atoms with Crippen LogP contribution in [0.25, 0.3) is 0 Å². The number of nitrogens with zero attached hydrogens (tertiary/aromatic N) is 1. The normalized spacial score (nSPS) is 16.2. The largest absolute Gasteiger partial charge is 0.465 e. The Bertz CT molecular complexity index is 907. The van der Waals surface area contributed by atoms with Crippen molar-refractivity contribution in [3.05, 3.63) is 81.5 Å². The van der Waals surface area contributed by atoms with Crippen LogP contribution in [0.15, 0.2) is 65.9 Å². The lowest BCUT2D eigenvalue weighted by atomic mass is 10.0. The number of methoxy groups -OCH3 is 1. The summed E-state index contributed by atoms with van der Waals surface area (Å²) < 4.78 is 10.1. The molecule has 2 aromatic carbocycles. The number of nitro benzene ring substituents is 1. The zero-order chi connectivity index (χ0) is 18.7. The van der Waals surface area contributed by atoms with Crippen LogP contribution in [0.1, 0.15) is 11.7 Å². The van der Waals surface area contributed by atoms with Gasteiger partial charge in [-0.15, -0.1) is 0 Å². The molecular weight excluding hydrogens is 340 g/mol. The molecule has 1 atom stereocenters. The lowest BCUT2D eigenvalue weighted by Crippen LogP contribution is -2.14. The lowest BCUT2D eigenvalue weighted by molar-refractivity contribution is -0.384. The highest BCUT2D eigenvalue weighted by Crippen LogP contribution is 2.36. The number of nitro groups is 1. The van der Waals surface area contributed by atoms with Crippen LogP contribution in [-0.4, -0.2) is 24.0 Å². The van der Waals surface area contributed by atoms with E-state index < -0.39 is 23.0 Å². The first kappa shape index (κ1) is 17.2. The van der Waals surface area contributed by atoms with E-state index in [0.29, 0.717) is 5.56 Å². The first-order valence-corrected chi connectivity index (χ1v) is 7.61. The van der Waals surface area contributed by atoms with E-state index in [9.17, 15) is 19.7 Å². The van der Waals surface area contributed by atoms with Crippen molar-refractivity contribution in [2.75, 3.05) is 12.4 Å². The molecule has 26 heavy (non-hydrogen) atoms. The van der Waals surface area contributed by atoms with Crippen LogP contribution in [0, 0.1) is 10.1 Å². The molecule has 1 aliphatic heterocycles. The van der Waals surface area contributed by atoms with Crippen molar-refractivity contribution in [3.63, 3.8) is 0 Å². The van der Waals surface area contributed by atoms with Crippen LogP contribution < -0.4 is 5.32 Å². The van der Waals surface area contributed by atoms with Crippen molar-refractivity contribution in [2.45, 2.75) is 6.10 Å². The Hall–Kier alpha value is -3.68. The number of hydrogen-bond acceptors (Lipinski definition) is 7. The molecule has 0 aliphatic carbocycles. The van der Waals surface area contributed by atoms with Crippen molar-refractivity contribution in [1.29, 1.82) is 0 Å². The van der Waals surface area contributed by atoms with Gasteiger partial charge < -0.3 is 14.8 Å². The fourth-order valence-corrected chi connectivity index (χ4v) is 2.61. The van der Waals surface area contributed by atoms with Gasteiger partial charge in [0.1, 0.15) is 11.3 Å². The predicted molar refractivity (Wildman–Crippen MR) is 91.0 cm³/mol. The van der Waals surface area contributed by atoms with Gasteiger partial charge in [0.2, 0.25) is 0 Å². The minimum atomic E-state index is -0.919. The number of anilines is 1. The maximum atomic E-state index is 12.3. The predicted octanol–water partition coefficient (Wildman–Crippen LogP) is 2.73. The molecule has 1 N–H and O–H groups in total. The maximum absolute atomic E-state index is 12.3. The Labute approximate surface area is 148 Å². The van der Waals surface area contributed by atoms with E-state index in [-0.39, 0.29) is 22.6 Å². The van der Waals surface area contributed by atoms with Crippen LogP contribution in [0.2, 0.25) is 0 Å².